The summed E-state index contributed by atoms with van der Waals surface area (Å²) in [6, 6.07) is 3.77. The summed E-state index contributed by atoms with van der Waals surface area (Å²) in [4.78, 5) is 21.2. The average molecular weight is 283 g/mol. The zero-order valence-electron chi connectivity index (χ0n) is 9.85. The Labute approximate surface area is 110 Å². The predicted octanol–water partition coefficient (Wildman–Crippen LogP) is 1.24. The third-order valence-electron chi connectivity index (χ3n) is 2.31. The first kappa shape index (κ1) is 13.7. The van der Waals surface area contributed by atoms with Crippen LogP contribution < -0.4 is 11.5 Å². The van der Waals surface area contributed by atoms with Crippen LogP contribution in [0.2, 0.25) is 0 Å². The van der Waals surface area contributed by atoms with Crippen molar-refractivity contribution in [3.63, 3.8) is 0 Å². The van der Waals surface area contributed by atoms with Gasteiger partial charge in [0, 0.05) is 17.8 Å². The zero-order chi connectivity index (χ0) is 14.9. The van der Waals surface area contributed by atoms with Crippen molar-refractivity contribution in [3.8, 4) is 11.3 Å². The summed E-state index contributed by atoms with van der Waals surface area (Å²) in [6.07, 6.45) is -3.48. The minimum absolute atomic E-state index is 0.0743. The molecular weight excluding hydrogens is 275 g/mol. The molecule has 0 spiro atoms. The van der Waals surface area contributed by atoms with Crippen molar-refractivity contribution in [1.82, 2.24) is 15.0 Å². The molecule has 0 aromatic carbocycles. The van der Waals surface area contributed by atoms with Crippen LogP contribution in [0.5, 0.6) is 0 Å². The fourth-order valence-electron chi connectivity index (χ4n) is 1.47. The van der Waals surface area contributed by atoms with Crippen LogP contribution in [0.3, 0.4) is 0 Å². The molecule has 0 saturated carbocycles. The molecule has 2 aromatic heterocycles. The fourth-order valence-corrected chi connectivity index (χ4v) is 1.47. The molecule has 104 valence electrons. The number of carbonyl (C=O) groups is 1. The second-order valence-corrected chi connectivity index (χ2v) is 3.79. The maximum Gasteiger partial charge on any atom is 0.451 e. The summed E-state index contributed by atoms with van der Waals surface area (Å²) >= 11 is 0. The number of anilines is 1. The number of primary amides is 1. The van der Waals surface area contributed by atoms with Crippen LogP contribution in [-0.2, 0) is 6.18 Å². The molecule has 0 atom stereocenters. The maximum absolute atomic E-state index is 12.6. The van der Waals surface area contributed by atoms with E-state index in [9.17, 15) is 18.0 Å². The highest BCUT2D eigenvalue weighted by Crippen LogP contribution is 2.29. The van der Waals surface area contributed by atoms with Crippen molar-refractivity contribution in [2.24, 2.45) is 5.73 Å². The molecule has 20 heavy (non-hydrogen) atoms. The molecule has 0 aliphatic heterocycles. The van der Waals surface area contributed by atoms with Gasteiger partial charge in [0.15, 0.2) is 0 Å². The smallest absolute Gasteiger partial charge is 0.384 e. The number of halogens is 3. The van der Waals surface area contributed by atoms with Gasteiger partial charge >= 0.3 is 6.18 Å². The summed E-state index contributed by atoms with van der Waals surface area (Å²) in [5, 5.41) is 0. The second kappa shape index (κ2) is 4.76. The number of carbonyl (C=O) groups excluding carboxylic acids is 1. The predicted molar refractivity (Wildman–Crippen MR) is 63.2 cm³/mol. The molecule has 0 bridgehead atoms. The number of amides is 1. The fraction of sp³-hybridized carbons (Fsp3) is 0.0909. The lowest BCUT2D eigenvalue weighted by atomic mass is 10.1. The van der Waals surface area contributed by atoms with Gasteiger partial charge < -0.3 is 11.5 Å². The number of pyridine rings is 1. The van der Waals surface area contributed by atoms with Gasteiger partial charge in [0.2, 0.25) is 5.82 Å². The lowest BCUT2D eigenvalue weighted by Gasteiger charge is -2.08. The first-order chi connectivity index (χ1) is 9.27. The van der Waals surface area contributed by atoms with Crippen LogP contribution in [0, 0.1) is 0 Å². The third kappa shape index (κ3) is 2.82. The lowest BCUT2D eigenvalue weighted by molar-refractivity contribution is -0.144. The van der Waals surface area contributed by atoms with Gasteiger partial charge in [-0.25, -0.2) is 9.97 Å². The molecule has 0 saturated heterocycles. The van der Waals surface area contributed by atoms with Crippen molar-refractivity contribution in [2.75, 3.05) is 5.73 Å². The maximum atomic E-state index is 12.6. The monoisotopic (exact) mass is 283 g/mol. The number of nitrogen functional groups attached to an aromatic ring is 1. The van der Waals surface area contributed by atoms with Crippen LogP contribution in [0.4, 0.5) is 19.0 Å². The molecule has 0 aliphatic rings. The van der Waals surface area contributed by atoms with E-state index in [0.717, 1.165) is 6.07 Å². The molecule has 9 heteroatoms. The Morgan fingerprint density at radius 3 is 2.50 bits per heavy atom. The first-order valence-electron chi connectivity index (χ1n) is 5.25. The van der Waals surface area contributed by atoms with Crippen LogP contribution in [-0.4, -0.2) is 20.9 Å². The van der Waals surface area contributed by atoms with E-state index >= 15 is 0 Å². The number of hydrogen-bond donors (Lipinski definition) is 2. The van der Waals surface area contributed by atoms with Crippen molar-refractivity contribution >= 4 is 11.7 Å². The van der Waals surface area contributed by atoms with Gasteiger partial charge in [-0.1, -0.05) is 0 Å². The van der Waals surface area contributed by atoms with Crippen LogP contribution in [0.25, 0.3) is 11.3 Å². The topological polar surface area (TPSA) is 108 Å². The van der Waals surface area contributed by atoms with Gasteiger partial charge in [0.1, 0.15) is 11.5 Å². The second-order valence-electron chi connectivity index (χ2n) is 3.79. The Kier molecular flexibility index (Phi) is 3.26. The van der Waals surface area contributed by atoms with E-state index in [0.29, 0.717) is 0 Å². The van der Waals surface area contributed by atoms with E-state index < -0.39 is 17.9 Å². The van der Waals surface area contributed by atoms with Crippen molar-refractivity contribution < 1.29 is 18.0 Å². The first-order valence-corrected chi connectivity index (χ1v) is 5.25. The summed E-state index contributed by atoms with van der Waals surface area (Å²) in [7, 11) is 0. The van der Waals surface area contributed by atoms with E-state index in [2.05, 4.69) is 15.0 Å². The van der Waals surface area contributed by atoms with Gasteiger partial charge in [-0.2, -0.15) is 13.2 Å². The van der Waals surface area contributed by atoms with Crippen molar-refractivity contribution in [3.05, 3.63) is 35.9 Å². The zero-order valence-corrected chi connectivity index (χ0v) is 9.85. The van der Waals surface area contributed by atoms with Crippen LogP contribution in [0.15, 0.2) is 24.4 Å². The highest BCUT2D eigenvalue weighted by atomic mass is 19.4. The minimum Gasteiger partial charge on any atom is -0.384 e. The molecule has 0 radical (unpaired) electrons. The number of nitrogens with zero attached hydrogens (tertiary/aromatic N) is 3. The van der Waals surface area contributed by atoms with Crippen molar-refractivity contribution in [1.29, 1.82) is 0 Å². The van der Waals surface area contributed by atoms with E-state index in [1.165, 1.54) is 18.3 Å². The van der Waals surface area contributed by atoms with E-state index in [1.54, 1.807) is 0 Å². The summed E-state index contributed by atoms with van der Waals surface area (Å²) in [6.45, 7) is 0. The average Bonchev–Trinajstić information content (AvgIpc) is 2.37. The summed E-state index contributed by atoms with van der Waals surface area (Å²) in [5.41, 5.74) is 10.4. The van der Waals surface area contributed by atoms with Gasteiger partial charge in [-0.05, 0) is 12.1 Å². The SMILES string of the molecule is NC(=O)c1cc(-c2cc(N)nc(C(F)(F)F)n2)ccn1. The normalized spacial score (nSPS) is 11.3. The number of rotatable bonds is 2. The third-order valence-corrected chi connectivity index (χ3v) is 2.31. The number of nitrogens with two attached hydrogens (primary N) is 2. The Balaban J connectivity index is 2.55. The molecule has 4 N–H and O–H groups in total. The number of hydrogen-bond acceptors (Lipinski definition) is 5. The molecule has 2 heterocycles. The summed E-state index contributed by atoms with van der Waals surface area (Å²) < 4.78 is 37.8. The highest BCUT2D eigenvalue weighted by molar-refractivity contribution is 5.91. The molecule has 0 unspecified atom stereocenters. The minimum atomic E-state index is -4.72. The standard InChI is InChI=1S/C11H8F3N5O/c12-11(13,14)10-18-6(4-8(15)19-10)5-1-2-17-7(3-5)9(16)20/h1-4H,(H2,16,20)(H2,15,18,19). The molecular formula is C11H8F3N5O. The van der Waals surface area contributed by atoms with Gasteiger partial charge in [0.05, 0.1) is 5.69 Å². The Morgan fingerprint density at radius 1 is 1.20 bits per heavy atom. The Bertz CT molecular complexity index is 671. The molecule has 2 rings (SSSR count). The number of alkyl halides is 3. The highest BCUT2D eigenvalue weighted by Gasteiger charge is 2.35. The van der Waals surface area contributed by atoms with Gasteiger partial charge in [-0.15, -0.1) is 0 Å². The number of aromatic nitrogens is 3. The van der Waals surface area contributed by atoms with Crippen molar-refractivity contribution in [2.45, 2.75) is 6.18 Å². The lowest BCUT2D eigenvalue weighted by Crippen LogP contribution is -2.14. The van der Waals surface area contributed by atoms with E-state index in [-0.39, 0.29) is 22.8 Å². The molecule has 2 aromatic rings. The molecule has 6 nitrogen and oxygen atoms in total. The Hall–Kier alpha value is -2.71. The summed E-state index contributed by atoms with van der Waals surface area (Å²) in [5.74, 6) is -2.49. The van der Waals surface area contributed by atoms with E-state index in [1.807, 2.05) is 0 Å². The van der Waals surface area contributed by atoms with Gasteiger partial charge in [-0.3, -0.25) is 9.78 Å². The van der Waals surface area contributed by atoms with Crippen LogP contribution >= 0.6 is 0 Å². The quantitative estimate of drug-likeness (QED) is 0.862. The largest absolute Gasteiger partial charge is 0.451 e. The van der Waals surface area contributed by atoms with Gasteiger partial charge in [0.25, 0.3) is 5.91 Å². The molecule has 1 amide bonds. The molecule has 0 fully saturated rings. The van der Waals surface area contributed by atoms with Crippen LogP contribution in [0.1, 0.15) is 16.3 Å². The molecule has 0 aliphatic carbocycles. The Morgan fingerprint density at radius 2 is 1.90 bits per heavy atom. The van der Waals surface area contributed by atoms with E-state index in [4.69, 9.17) is 11.5 Å².